The molecule has 5 nitrogen and oxygen atoms in total. The van der Waals surface area contributed by atoms with E-state index in [2.05, 4.69) is 10.1 Å². The quantitative estimate of drug-likeness (QED) is 0.723. The number of ether oxygens (including phenoxy) is 1. The van der Waals surface area contributed by atoms with Crippen molar-refractivity contribution in [1.29, 1.82) is 0 Å². The average molecular weight is 357 g/mol. The van der Waals surface area contributed by atoms with Crippen molar-refractivity contribution in [2.75, 3.05) is 12.4 Å². The number of rotatable bonds is 4. The zero-order chi connectivity index (χ0) is 18.0. The summed E-state index contributed by atoms with van der Waals surface area (Å²) in [5.74, 6) is -0.693. The van der Waals surface area contributed by atoms with E-state index in [9.17, 15) is 9.59 Å². The second-order valence-electron chi connectivity index (χ2n) is 5.69. The molecule has 3 rings (SSSR count). The normalized spacial score (nSPS) is 10.7. The summed E-state index contributed by atoms with van der Waals surface area (Å²) < 4.78 is 6.67. The fourth-order valence-electron chi connectivity index (χ4n) is 2.80. The molecule has 0 unspecified atom stereocenters. The van der Waals surface area contributed by atoms with Crippen LogP contribution in [0.5, 0.6) is 0 Å². The molecule has 0 aliphatic rings. The number of methoxy groups -OCH3 is 1. The fourth-order valence-corrected chi connectivity index (χ4v) is 2.96. The maximum Gasteiger partial charge on any atom is 0.337 e. The Bertz CT molecular complexity index is 962. The highest BCUT2D eigenvalue weighted by atomic mass is 35.5. The molecule has 2 aromatic carbocycles. The van der Waals surface area contributed by atoms with Crippen LogP contribution >= 0.6 is 11.6 Å². The van der Waals surface area contributed by atoms with Crippen LogP contribution in [0.15, 0.2) is 48.7 Å². The van der Waals surface area contributed by atoms with Crippen LogP contribution in [0.1, 0.15) is 15.9 Å². The summed E-state index contributed by atoms with van der Waals surface area (Å²) in [5.41, 5.74) is 2.70. The predicted octanol–water partition coefficient (Wildman–Crippen LogP) is 3.80. The number of carbonyl (C=O) groups excluding carboxylic acids is 2. The zero-order valence-electron chi connectivity index (χ0n) is 13.9. The number of halogens is 1. The Hall–Kier alpha value is -2.79. The van der Waals surface area contributed by atoms with Crippen LogP contribution in [0.4, 0.5) is 5.69 Å². The fraction of sp³-hybridized carbons (Fsp3) is 0.158. The van der Waals surface area contributed by atoms with Gasteiger partial charge in [0.2, 0.25) is 5.91 Å². The smallest absolute Gasteiger partial charge is 0.337 e. The summed E-state index contributed by atoms with van der Waals surface area (Å²) >= 11 is 6.12. The lowest BCUT2D eigenvalue weighted by Gasteiger charge is -2.09. The minimum Gasteiger partial charge on any atom is -0.465 e. The van der Waals surface area contributed by atoms with Crippen LogP contribution < -0.4 is 5.32 Å². The Morgan fingerprint density at radius 3 is 2.72 bits per heavy atom. The number of anilines is 1. The third-order valence-electron chi connectivity index (χ3n) is 3.99. The molecule has 0 spiro atoms. The minimum atomic E-state index is -0.485. The standard InChI is InChI=1S/C19H17ClN2O3/c1-22-11-13(14-5-3-4-6-17(14)22)10-18(23)21-16-9-12(19(24)25-2)7-8-15(16)20/h3-9,11H,10H2,1-2H3,(H,21,23). The Balaban J connectivity index is 1.82. The minimum absolute atomic E-state index is 0.208. The highest BCUT2D eigenvalue weighted by Gasteiger charge is 2.14. The van der Waals surface area contributed by atoms with E-state index in [0.717, 1.165) is 16.5 Å². The molecule has 0 fully saturated rings. The van der Waals surface area contributed by atoms with Crippen molar-refractivity contribution in [3.05, 3.63) is 64.8 Å². The van der Waals surface area contributed by atoms with E-state index in [1.165, 1.54) is 13.2 Å². The summed E-state index contributed by atoms with van der Waals surface area (Å²) in [6.07, 6.45) is 2.15. The number of aryl methyl sites for hydroxylation is 1. The molecular formula is C19H17ClN2O3. The Labute approximate surface area is 150 Å². The molecule has 0 saturated heterocycles. The predicted molar refractivity (Wildman–Crippen MR) is 98.0 cm³/mol. The molecule has 0 aliphatic heterocycles. The van der Waals surface area contributed by atoms with Crippen molar-refractivity contribution < 1.29 is 14.3 Å². The van der Waals surface area contributed by atoms with Crippen LogP contribution in [0, 0.1) is 0 Å². The van der Waals surface area contributed by atoms with Gasteiger partial charge in [0.1, 0.15) is 0 Å². The van der Waals surface area contributed by atoms with Crippen molar-refractivity contribution in [2.45, 2.75) is 6.42 Å². The van der Waals surface area contributed by atoms with Gasteiger partial charge in [-0.1, -0.05) is 29.8 Å². The van der Waals surface area contributed by atoms with Gasteiger partial charge in [0, 0.05) is 24.1 Å². The number of hydrogen-bond donors (Lipinski definition) is 1. The summed E-state index contributed by atoms with van der Waals surface area (Å²) in [6, 6.07) is 12.5. The van der Waals surface area contributed by atoms with Gasteiger partial charge in [0.05, 0.1) is 29.8 Å². The van der Waals surface area contributed by atoms with Gasteiger partial charge in [-0.2, -0.15) is 0 Å². The van der Waals surface area contributed by atoms with Gasteiger partial charge in [0.15, 0.2) is 0 Å². The van der Waals surface area contributed by atoms with Crippen LogP contribution in [-0.4, -0.2) is 23.6 Å². The Morgan fingerprint density at radius 1 is 1.20 bits per heavy atom. The average Bonchev–Trinajstić information content (AvgIpc) is 2.92. The molecule has 1 N–H and O–H groups in total. The van der Waals surface area contributed by atoms with Gasteiger partial charge in [-0.25, -0.2) is 4.79 Å². The first-order chi connectivity index (χ1) is 12.0. The van der Waals surface area contributed by atoms with E-state index in [4.69, 9.17) is 11.6 Å². The molecule has 1 aromatic heterocycles. The number of para-hydroxylation sites is 1. The zero-order valence-corrected chi connectivity index (χ0v) is 14.6. The molecule has 128 valence electrons. The molecule has 1 amide bonds. The monoisotopic (exact) mass is 356 g/mol. The van der Waals surface area contributed by atoms with E-state index >= 15 is 0 Å². The molecule has 3 aromatic rings. The largest absolute Gasteiger partial charge is 0.465 e. The van der Waals surface area contributed by atoms with E-state index in [1.807, 2.05) is 42.1 Å². The number of fused-ring (bicyclic) bond motifs is 1. The molecule has 25 heavy (non-hydrogen) atoms. The number of esters is 1. The molecule has 0 saturated carbocycles. The summed E-state index contributed by atoms with van der Waals surface area (Å²) in [7, 11) is 3.25. The second-order valence-corrected chi connectivity index (χ2v) is 6.10. The van der Waals surface area contributed by atoms with Gasteiger partial charge >= 0.3 is 5.97 Å². The topological polar surface area (TPSA) is 60.3 Å². The second kappa shape index (κ2) is 6.99. The van der Waals surface area contributed by atoms with Crippen LogP contribution in [0.25, 0.3) is 10.9 Å². The number of nitrogens with one attached hydrogen (secondary N) is 1. The maximum absolute atomic E-state index is 12.4. The molecule has 6 heteroatoms. The van der Waals surface area contributed by atoms with Crippen LogP contribution in [0.3, 0.4) is 0 Å². The van der Waals surface area contributed by atoms with Crippen LogP contribution in [-0.2, 0) is 23.0 Å². The highest BCUT2D eigenvalue weighted by Crippen LogP contribution is 2.25. The maximum atomic E-state index is 12.4. The SMILES string of the molecule is COC(=O)c1ccc(Cl)c(NC(=O)Cc2cn(C)c3ccccc23)c1. The third-order valence-corrected chi connectivity index (χ3v) is 4.32. The van der Waals surface area contributed by atoms with Crippen molar-refractivity contribution in [3.63, 3.8) is 0 Å². The Kier molecular flexibility index (Phi) is 4.76. The highest BCUT2D eigenvalue weighted by molar-refractivity contribution is 6.33. The van der Waals surface area contributed by atoms with Crippen molar-refractivity contribution >= 4 is 40.1 Å². The van der Waals surface area contributed by atoms with Gasteiger partial charge in [-0.05, 0) is 29.8 Å². The number of nitrogens with zero attached hydrogens (tertiary/aromatic N) is 1. The lowest BCUT2D eigenvalue weighted by Crippen LogP contribution is -2.15. The number of amides is 1. The van der Waals surface area contributed by atoms with Crippen molar-refractivity contribution in [2.24, 2.45) is 7.05 Å². The first kappa shape index (κ1) is 17.0. The van der Waals surface area contributed by atoms with Crippen molar-refractivity contribution in [1.82, 2.24) is 4.57 Å². The van der Waals surface area contributed by atoms with Gasteiger partial charge in [-0.3, -0.25) is 4.79 Å². The Morgan fingerprint density at radius 2 is 1.96 bits per heavy atom. The lowest BCUT2D eigenvalue weighted by molar-refractivity contribution is -0.115. The molecule has 0 radical (unpaired) electrons. The first-order valence-electron chi connectivity index (χ1n) is 7.70. The number of benzene rings is 2. The van der Waals surface area contributed by atoms with Gasteiger partial charge in [-0.15, -0.1) is 0 Å². The third kappa shape index (κ3) is 3.51. The van der Waals surface area contributed by atoms with E-state index in [0.29, 0.717) is 16.3 Å². The van der Waals surface area contributed by atoms with E-state index < -0.39 is 5.97 Å². The molecule has 0 atom stereocenters. The number of hydrogen-bond acceptors (Lipinski definition) is 3. The van der Waals surface area contributed by atoms with E-state index in [1.54, 1.807) is 12.1 Å². The first-order valence-corrected chi connectivity index (χ1v) is 8.08. The molecular weight excluding hydrogens is 340 g/mol. The summed E-state index contributed by atoms with van der Waals surface area (Å²) in [5, 5.41) is 4.16. The van der Waals surface area contributed by atoms with Gasteiger partial charge < -0.3 is 14.6 Å². The summed E-state index contributed by atoms with van der Waals surface area (Å²) in [6.45, 7) is 0. The lowest BCUT2D eigenvalue weighted by atomic mass is 10.1. The number of aromatic nitrogens is 1. The van der Waals surface area contributed by atoms with Crippen molar-refractivity contribution in [3.8, 4) is 0 Å². The van der Waals surface area contributed by atoms with Gasteiger partial charge in [0.25, 0.3) is 0 Å². The van der Waals surface area contributed by atoms with Crippen LogP contribution in [0.2, 0.25) is 5.02 Å². The van der Waals surface area contributed by atoms with E-state index in [-0.39, 0.29) is 12.3 Å². The molecule has 1 heterocycles. The molecule has 0 bridgehead atoms. The molecule has 0 aliphatic carbocycles. The summed E-state index contributed by atoms with van der Waals surface area (Å²) in [4.78, 5) is 24.1. The number of carbonyl (C=O) groups is 2.